The molecule has 0 unspecified atom stereocenters. The van der Waals surface area contributed by atoms with Gasteiger partial charge in [-0.1, -0.05) is 15.9 Å². The number of hydrogen-bond donors (Lipinski definition) is 0. The van der Waals surface area contributed by atoms with Crippen LogP contribution in [-0.2, 0) is 15.4 Å². The molecular weight excluding hydrogens is 327 g/mol. The lowest BCUT2D eigenvalue weighted by molar-refractivity contribution is -0.0500. The van der Waals surface area contributed by atoms with Gasteiger partial charge in [-0.3, -0.25) is 4.98 Å². The smallest absolute Gasteiger partial charge is 0.376 e. The van der Waals surface area contributed by atoms with Crippen molar-refractivity contribution in [3.05, 3.63) is 23.5 Å². The van der Waals surface area contributed by atoms with Crippen LogP contribution in [0.1, 0.15) is 11.3 Å². The minimum Gasteiger partial charge on any atom is -0.376 e. The van der Waals surface area contributed by atoms with E-state index in [1.165, 1.54) is 13.1 Å². The number of halogens is 4. The third-order valence-electron chi connectivity index (χ3n) is 1.87. The number of hydrogen-bond acceptors (Lipinski definition) is 4. The third-order valence-corrected chi connectivity index (χ3v) is 3.37. The molecule has 0 N–H and O–H groups in total. The summed E-state index contributed by atoms with van der Waals surface area (Å²) in [4.78, 5) is 3.85. The highest BCUT2D eigenvalue weighted by Gasteiger charge is 2.48. The summed E-state index contributed by atoms with van der Waals surface area (Å²) in [6.07, 6.45) is 1.17. The highest BCUT2D eigenvalue weighted by Crippen LogP contribution is 2.29. The molecule has 0 spiro atoms. The van der Waals surface area contributed by atoms with E-state index in [2.05, 4.69) is 25.1 Å². The monoisotopic (exact) mass is 333 g/mol. The summed E-state index contributed by atoms with van der Waals surface area (Å²) in [6.45, 7) is 1.42. The van der Waals surface area contributed by atoms with Gasteiger partial charge in [-0.05, 0) is 6.92 Å². The number of pyridine rings is 1. The Balaban J connectivity index is 3.14. The molecule has 0 amide bonds. The summed E-state index contributed by atoms with van der Waals surface area (Å²) in [5, 5.41) is 0.280. The van der Waals surface area contributed by atoms with E-state index >= 15 is 0 Å². The summed E-state index contributed by atoms with van der Waals surface area (Å²) in [5.41, 5.74) is -4.81. The van der Waals surface area contributed by atoms with Gasteiger partial charge < -0.3 is 4.18 Å². The molecule has 0 aromatic carbocycles. The van der Waals surface area contributed by atoms with E-state index in [0.29, 0.717) is 5.69 Å². The van der Waals surface area contributed by atoms with Crippen LogP contribution in [0.2, 0.25) is 0 Å². The molecular formula is C8H7BrF3NO3S. The van der Waals surface area contributed by atoms with Crippen molar-refractivity contribution in [2.45, 2.75) is 17.8 Å². The van der Waals surface area contributed by atoms with Crippen molar-refractivity contribution in [1.29, 1.82) is 0 Å². The molecule has 0 aliphatic heterocycles. The molecule has 1 aromatic heterocycles. The van der Waals surface area contributed by atoms with Crippen LogP contribution in [0.5, 0.6) is 5.75 Å². The lowest BCUT2D eigenvalue weighted by Gasteiger charge is -2.12. The van der Waals surface area contributed by atoms with Crippen molar-refractivity contribution >= 4 is 26.0 Å². The van der Waals surface area contributed by atoms with Gasteiger partial charge >= 0.3 is 15.6 Å². The SMILES string of the molecule is Cc1c(OS(=O)(=O)C(F)(F)F)ccnc1CBr. The van der Waals surface area contributed by atoms with Gasteiger partial charge in [0.05, 0.1) is 5.69 Å². The predicted octanol–water partition coefficient (Wildman–Crippen LogP) is 2.51. The van der Waals surface area contributed by atoms with E-state index in [1.54, 1.807) is 0 Å². The van der Waals surface area contributed by atoms with Crippen LogP contribution in [0.15, 0.2) is 12.3 Å². The molecule has 1 rings (SSSR count). The van der Waals surface area contributed by atoms with Gasteiger partial charge in [0.25, 0.3) is 0 Å². The Morgan fingerprint density at radius 1 is 1.47 bits per heavy atom. The molecule has 1 heterocycles. The van der Waals surface area contributed by atoms with Gasteiger partial charge in [0, 0.05) is 23.2 Å². The van der Waals surface area contributed by atoms with Gasteiger partial charge in [-0.2, -0.15) is 21.6 Å². The maximum atomic E-state index is 12.1. The van der Waals surface area contributed by atoms with Crippen LogP contribution in [0.3, 0.4) is 0 Å². The van der Waals surface area contributed by atoms with Crippen LogP contribution in [0, 0.1) is 6.92 Å². The summed E-state index contributed by atoms with van der Waals surface area (Å²) in [6, 6.07) is 1.06. The van der Waals surface area contributed by atoms with Gasteiger partial charge in [0.15, 0.2) is 0 Å². The summed E-state index contributed by atoms with van der Waals surface area (Å²) < 4.78 is 61.9. The molecule has 0 radical (unpaired) electrons. The zero-order chi connectivity index (χ0) is 13.3. The first kappa shape index (κ1) is 14.2. The second-order valence-electron chi connectivity index (χ2n) is 3.00. The Labute approximate surface area is 104 Å². The lowest BCUT2D eigenvalue weighted by Crippen LogP contribution is -2.28. The fraction of sp³-hybridized carbons (Fsp3) is 0.375. The number of alkyl halides is 4. The van der Waals surface area contributed by atoms with Crippen LogP contribution >= 0.6 is 15.9 Å². The summed E-state index contributed by atoms with van der Waals surface area (Å²) in [5.74, 6) is -0.383. The Morgan fingerprint density at radius 2 is 2.06 bits per heavy atom. The highest BCUT2D eigenvalue weighted by molar-refractivity contribution is 9.08. The van der Waals surface area contributed by atoms with Crippen LogP contribution in [0.25, 0.3) is 0 Å². The maximum absolute atomic E-state index is 12.1. The van der Waals surface area contributed by atoms with E-state index in [1.807, 2.05) is 0 Å². The fourth-order valence-electron chi connectivity index (χ4n) is 0.949. The van der Waals surface area contributed by atoms with Crippen molar-refractivity contribution in [1.82, 2.24) is 4.98 Å². The topological polar surface area (TPSA) is 56.3 Å². The van der Waals surface area contributed by atoms with Gasteiger partial charge in [-0.15, -0.1) is 0 Å². The zero-order valence-electron chi connectivity index (χ0n) is 8.45. The third kappa shape index (κ3) is 3.09. The minimum atomic E-state index is -5.64. The van der Waals surface area contributed by atoms with E-state index < -0.39 is 15.6 Å². The molecule has 1 aromatic rings. The van der Waals surface area contributed by atoms with E-state index in [-0.39, 0.29) is 16.6 Å². The van der Waals surface area contributed by atoms with Crippen molar-refractivity contribution < 1.29 is 25.8 Å². The molecule has 0 atom stereocenters. The molecule has 0 bridgehead atoms. The average Bonchev–Trinajstić information content (AvgIpc) is 2.19. The Bertz CT molecular complexity index is 515. The molecule has 0 saturated heterocycles. The number of rotatable bonds is 3. The Morgan fingerprint density at radius 3 is 2.53 bits per heavy atom. The fourth-order valence-corrected chi connectivity index (χ4v) is 2.03. The molecule has 0 saturated carbocycles. The average molecular weight is 334 g/mol. The first-order valence-electron chi connectivity index (χ1n) is 4.20. The summed E-state index contributed by atoms with van der Waals surface area (Å²) >= 11 is 3.07. The second kappa shape index (κ2) is 4.81. The minimum absolute atomic E-state index is 0.234. The number of aromatic nitrogens is 1. The van der Waals surface area contributed by atoms with Crippen molar-refractivity contribution in [3.63, 3.8) is 0 Å². The maximum Gasteiger partial charge on any atom is 0.534 e. The van der Waals surface area contributed by atoms with Crippen LogP contribution in [-0.4, -0.2) is 18.9 Å². The van der Waals surface area contributed by atoms with Crippen LogP contribution in [0.4, 0.5) is 13.2 Å². The standard InChI is InChI=1S/C8H7BrF3NO3S/c1-5-6(4-9)13-3-2-7(5)16-17(14,15)8(10,11)12/h2-3H,4H2,1H3. The first-order chi connectivity index (χ1) is 7.69. The van der Waals surface area contributed by atoms with Gasteiger partial charge in [-0.25, -0.2) is 0 Å². The predicted molar refractivity (Wildman–Crippen MR) is 57.2 cm³/mol. The van der Waals surface area contributed by atoms with Gasteiger partial charge in [0.1, 0.15) is 5.75 Å². The van der Waals surface area contributed by atoms with E-state index in [4.69, 9.17) is 0 Å². The molecule has 96 valence electrons. The molecule has 17 heavy (non-hydrogen) atoms. The second-order valence-corrected chi connectivity index (χ2v) is 5.10. The van der Waals surface area contributed by atoms with Crippen molar-refractivity contribution in [2.24, 2.45) is 0 Å². The normalized spacial score (nSPS) is 12.5. The molecule has 9 heteroatoms. The number of nitrogens with zero attached hydrogens (tertiary/aromatic N) is 1. The lowest BCUT2D eigenvalue weighted by atomic mass is 10.2. The zero-order valence-corrected chi connectivity index (χ0v) is 10.9. The quantitative estimate of drug-likeness (QED) is 0.484. The highest BCUT2D eigenvalue weighted by atomic mass is 79.9. The molecule has 0 fully saturated rings. The summed E-state index contributed by atoms with van der Waals surface area (Å²) in [7, 11) is -5.64. The van der Waals surface area contributed by atoms with E-state index in [9.17, 15) is 21.6 Å². The van der Waals surface area contributed by atoms with Crippen molar-refractivity contribution in [3.8, 4) is 5.75 Å². The molecule has 0 aliphatic carbocycles. The Kier molecular flexibility index (Phi) is 4.03. The molecule has 0 aliphatic rings. The van der Waals surface area contributed by atoms with Crippen molar-refractivity contribution in [2.75, 3.05) is 0 Å². The molecule has 4 nitrogen and oxygen atoms in total. The van der Waals surface area contributed by atoms with Gasteiger partial charge in [0.2, 0.25) is 0 Å². The largest absolute Gasteiger partial charge is 0.534 e. The van der Waals surface area contributed by atoms with E-state index in [0.717, 1.165) is 6.07 Å². The Hall–Kier alpha value is -0.830. The first-order valence-corrected chi connectivity index (χ1v) is 6.73. The van der Waals surface area contributed by atoms with Crippen LogP contribution < -0.4 is 4.18 Å².